The standard InChI is InChI=1S/C17H13NO/c19-17-14-8-4-3-7-13(14)16-12-6-2-1-5-11(12)9-10-15(16)18-17/h1-8H,9-10H2,(H,18,19). The topological polar surface area (TPSA) is 32.9 Å². The van der Waals surface area contributed by atoms with Crippen molar-refractivity contribution < 1.29 is 0 Å². The van der Waals surface area contributed by atoms with Gasteiger partial charge in [-0.3, -0.25) is 4.79 Å². The first-order chi connectivity index (χ1) is 9.34. The number of nitrogens with one attached hydrogen (secondary N) is 1. The van der Waals surface area contributed by atoms with Gasteiger partial charge in [0.15, 0.2) is 0 Å². The Morgan fingerprint density at radius 1 is 0.842 bits per heavy atom. The third-order valence-corrected chi connectivity index (χ3v) is 3.94. The van der Waals surface area contributed by atoms with Gasteiger partial charge in [0.2, 0.25) is 0 Å². The highest BCUT2D eigenvalue weighted by Crippen LogP contribution is 2.36. The first kappa shape index (κ1) is 10.6. The fourth-order valence-corrected chi connectivity index (χ4v) is 3.07. The maximum Gasteiger partial charge on any atom is 0.256 e. The molecule has 3 aromatic rings. The van der Waals surface area contributed by atoms with E-state index in [0.717, 1.165) is 29.3 Å². The van der Waals surface area contributed by atoms with Gasteiger partial charge in [0.25, 0.3) is 5.56 Å². The van der Waals surface area contributed by atoms with E-state index in [0.29, 0.717) is 0 Å². The fourth-order valence-electron chi connectivity index (χ4n) is 3.07. The van der Waals surface area contributed by atoms with Crippen LogP contribution in [0.25, 0.3) is 21.9 Å². The lowest BCUT2D eigenvalue weighted by atomic mass is 9.86. The molecule has 92 valence electrons. The minimum Gasteiger partial charge on any atom is -0.325 e. The summed E-state index contributed by atoms with van der Waals surface area (Å²) in [6, 6.07) is 16.3. The molecule has 0 fully saturated rings. The van der Waals surface area contributed by atoms with E-state index >= 15 is 0 Å². The molecule has 0 radical (unpaired) electrons. The fraction of sp³-hybridized carbons (Fsp3) is 0.118. The highest BCUT2D eigenvalue weighted by molar-refractivity contribution is 5.98. The van der Waals surface area contributed by atoms with E-state index < -0.39 is 0 Å². The summed E-state index contributed by atoms with van der Waals surface area (Å²) in [6.45, 7) is 0. The second-order valence-electron chi connectivity index (χ2n) is 5.01. The van der Waals surface area contributed by atoms with Gasteiger partial charge in [0.05, 0.1) is 0 Å². The van der Waals surface area contributed by atoms with E-state index in [1.54, 1.807) is 0 Å². The van der Waals surface area contributed by atoms with E-state index in [4.69, 9.17) is 0 Å². The first-order valence-electron chi connectivity index (χ1n) is 6.57. The average Bonchev–Trinajstić information content (AvgIpc) is 2.47. The summed E-state index contributed by atoms with van der Waals surface area (Å²) in [5, 5.41) is 1.84. The average molecular weight is 247 g/mol. The van der Waals surface area contributed by atoms with Crippen LogP contribution >= 0.6 is 0 Å². The number of benzene rings is 2. The Morgan fingerprint density at radius 3 is 2.47 bits per heavy atom. The molecular weight excluding hydrogens is 234 g/mol. The van der Waals surface area contributed by atoms with Crippen molar-refractivity contribution in [2.45, 2.75) is 12.8 Å². The van der Waals surface area contributed by atoms with E-state index in [2.05, 4.69) is 29.2 Å². The second-order valence-corrected chi connectivity index (χ2v) is 5.01. The predicted octanol–water partition coefficient (Wildman–Crippen LogP) is 3.29. The molecule has 0 spiro atoms. The number of aromatic amines is 1. The van der Waals surface area contributed by atoms with E-state index in [-0.39, 0.29) is 5.56 Å². The Balaban J connectivity index is 2.20. The van der Waals surface area contributed by atoms with Crippen LogP contribution in [0.3, 0.4) is 0 Å². The molecule has 1 aliphatic carbocycles. The van der Waals surface area contributed by atoms with Gasteiger partial charge in [-0.05, 0) is 35.4 Å². The minimum atomic E-state index is 0.0220. The van der Waals surface area contributed by atoms with Crippen LogP contribution in [0.2, 0.25) is 0 Å². The summed E-state index contributed by atoms with van der Waals surface area (Å²) in [6.07, 6.45) is 1.91. The molecule has 2 aromatic carbocycles. The summed E-state index contributed by atoms with van der Waals surface area (Å²) < 4.78 is 0. The van der Waals surface area contributed by atoms with Crippen molar-refractivity contribution in [1.29, 1.82) is 0 Å². The Bertz CT molecular complexity index is 845. The molecule has 1 aromatic heterocycles. The van der Waals surface area contributed by atoms with Crippen LogP contribution in [0.5, 0.6) is 0 Å². The summed E-state index contributed by atoms with van der Waals surface area (Å²) in [4.78, 5) is 15.2. The largest absolute Gasteiger partial charge is 0.325 e. The molecule has 0 unspecified atom stereocenters. The number of hydrogen-bond donors (Lipinski definition) is 1. The van der Waals surface area contributed by atoms with Gasteiger partial charge in [-0.2, -0.15) is 0 Å². The summed E-state index contributed by atoms with van der Waals surface area (Å²) in [5.74, 6) is 0. The third-order valence-electron chi connectivity index (χ3n) is 3.94. The van der Waals surface area contributed by atoms with Crippen LogP contribution in [0.1, 0.15) is 11.3 Å². The van der Waals surface area contributed by atoms with Crippen molar-refractivity contribution in [2.24, 2.45) is 0 Å². The lowest BCUT2D eigenvalue weighted by Crippen LogP contribution is -2.15. The van der Waals surface area contributed by atoms with E-state index in [1.807, 2.05) is 24.3 Å². The Labute approximate surface area is 110 Å². The molecule has 0 atom stereocenters. The molecule has 0 amide bonds. The number of pyridine rings is 1. The monoisotopic (exact) mass is 247 g/mol. The van der Waals surface area contributed by atoms with Crippen molar-refractivity contribution in [2.75, 3.05) is 0 Å². The molecule has 1 heterocycles. The van der Waals surface area contributed by atoms with Crippen molar-refractivity contribution in [1.82, 2.24) is 4.98 Å². The highest BCUT2D eigenvalue weighted by atomic mass is 16.1. The first-order valence-corrected chi connectivity index (χ1v) is 6.57. The quantitative estimate of drug-likeness (QED) is 0.649. The lowest BCUT2D eigenvalue weighted by Gasteiger charge is -2.21. The van der Waals surface area contributed by atoms with Crippen LogP contribution in [0.15, 0.2) is 53.3 Å². The van der Waals surface area contributed by atoms with Crippen molar-refractivity contribution >= 4 is 10.8 Å². The van der Waals surface area contributed by atoms with Crippen LogP contribution < -0.4 is 5.56 Å². The predicted molar refractivity (Wildman–Crippen MR) is 77.4 cm³/mol. The zero-order valence-corrected chi connectivity index (χ0v) is 10.4. The molecule has 0 saturated carbocycles. The maximum absolute atomic E-state index is 12.1. The van der Waals surface area contributed by atoms with Gasteiger partial charge in [0, 0.05) is 16.6 Å². The molecule has 4 rings (SSSR count). The van der Waals surface area contributed by atoms with E-state index in [9.17, 15) is 4.79 Å². The number of hydrogen-bond acceptors (Lipinski definition) is 1. The van der Waals surface area contributed by atoms with Crippen LogP contribution in [0.4, 0.5) is 0 Å². The van der Waals surface area contributed by atoms with E-state index in [1.165, 1.54) is 16.7 Å². The van der Waals surface area contributed by atoms with Crippen LogP contribution in [-0.4, -0.2) is 4.98 Å². The zero-order chi connectivity index (χ0) is 12.8. The highest BCUT2D eigenvalue weighted by Gasteiger charge is 2.19. The molecule has 0 aliphatic heterocycles. The minimum absolute atomic E-state index is 0.0220. The normalized spacial score (nSPS) is 13.1. The zero-order valence-electron chi connectivity index (χ0n) is 10.4. The number of H-pyrrole nitrogens is 1. The Morgan fingerprint density at radius 2 is 1.58 bits per heavy atom. The maximum atomic E-state index is 12.1. The summed E-state index contributed by atoms with van der Waals surface area (Å²) >= 11 is 0. The number of rotatable bonds is 0. The summed E-state index contributed by atoms with van der Waals surface area (Å²) in [5.41, 5.74) is 4.93. The number of fused-ring (bicyclic) bond motifs is 5. The van der Waals surface area contributed by atoms with Crippen molar-refractivity contribution in [3.63, 3.8) is 0 Å². The molecule has 0 saturated heterocycles. The molecular formula is C17H13NO. The van der Waals surface area contributed by atoms with Crippen molar-refractivity contribution in [3.05, 3.63) is 70.1 Å². The molecule has 19 heavy (non-hydrogen) atoms. The Hall–Kier alpha value is -2.35. The van der Waals surface area contributed by atoms with Gasteiger partial charge in [-0.1, -0.05) is 42.5 Å². The van der Waals surface area contributed by atoms with Crippen molar-refractivity contribution in [3.8, 4) is 11.1 Å². The van der Waals surface area contributed by atoms with Gasteiger partial charge in [0.1, 0.15) is 0 Å². The lowest BCUT2D eigenvalue weighted by molar-refractivity contribution is 0.893. The van der Waals surface area contributed by atoms with Gasteiger partial charge in [-0.15, -0.1) is 0 Å². The molecule has 0 bridgehead atoms. The third kappa shape index (κ3) is 1.46. The second kappa shape index (κ2) is 3.82. The molecule has 1 N–H and O–H groups in total. The molecule has 2 nitrogen and oxygen atoms in total. The molecule has 2 heteroatoms. The Kier molecular flexibility index (Phi) is 2.12. The number of aryl methyl sites for hydroxylation is 2. The van der Waals surface area contributed by atoms with Crippen LogP contribution in [-0.2, 0) is 12.8 Å². The summed E-state index contributed by atoms with van der Waals surface area (Å²) in [7, 11) is 0. The number of aromatic nitrogens is 1. The van der Waals surface area contributed by atoms with Gasteiger partial charge in [-0.25, -0.2) is 0 Å². The SMILES string of the molecule is O=c1[nH]c2c(c3ccccc13)-c1ccccc1CC2. The van der Waals surface area contributed by atoms with Gasteiger partial charge < -0.3 is 4.98 Å². The molecule has 1 aliphatic rings. The van der Waals surface area contributed by atoms with Gasteiger partial charge >= 0.3 is 0 Å². The van der Waals surface area contributed by atoms with Crippen LogP contribution in [0, 0.1) is 0 Å². The smallest absolute Gasteiger partial charge is 0.256 e.